The lowest BCUT2D eigenvalue weighted by molar-refractivity contribution is -0.142. The first kappa shape index (κ1) is 31.9. The van der Waals surface area contributed by atoms with Crippen LogP contribution in [0.1, 0.15) is 89.1 Å². The van der Waals surface area contributed by atoms with Gasteiger partial charge in [0.15, 0.2) is 0 Å². The lowest BCUT2D eigenvalue weighted by Crippen LogP contribution is -2.54. The Morgan fingerprint density at radius 3 is 2.21 bits per heavy atom. The molecular formula is C32H47N3O4. The highest BCUT2D eigenvalue weighted by molar-refractivity contribution is 5.92. The molecule has 0 bridgehead atoms. The molecule has 0 spiro atoms. The van der Waals surface area contributed by atoms with E-state index in [-0.39, 0.29) is 24.3 Å². The normalized spacial score (nSPS) is 13.6. The number of benzene rings is 2. The smallest absolute Gasteiger partial charge is 0.408 e. The van der Waals surface area contributed by atoms with Crippen molar-refractivity contribution in [3.8, 4) is 0 Å². The van der Waals surface area contributed by atoms with Crippen LogP contribution in [0.4, 0.5) is 4.79 Å². The molecule has 7 heteroatoms. The molecule has 7 nitrogen and oxygen atoms in total. The molecule has 3 amide bonds. The van der Waals surface area contributed by atoms with Gasteiger partial charge in [-0.1, -0.05) is 74.4 Å². The van der Waals surface area contributed by atoms with Gasteiger partial charge >= 0.3 is 6.09 Å². The van der Waals surface area contributed by atoms with E-state index in [2.05, 4.69) is 17.6 Å². The van der Waals surface area contributed by atoms with E-state index in [0.29, 0.717) is 13.0 Å². The molecule has 0 radical (unpaired) electrons. The molecule has 0 aliphatic rings. The Morgan fingerprint density at radius 2 is 1.62 bits per heavy atom. The third kappa shape index (κ3) is 10.0. The van der Waals surface area contributed by atoms with Crippen LogP contribution >= 0.6 is 0 Å². The standard InChI is InChI=1S/C32H47N3O4/c1-9-14-24(5)33-29(36)28(26-20-22(3)17-18-23(26)4)35(19-10-2)30(37)27(21-25-15-12-11-13-16-25)34-31(38)39-32(6,7)8/h11-13,15-18,20,24,27-28H,9-10,14,19,21H2,1-8H3,(H,33,36)(H,34,38). The van der Waals surface area contributed by atoms with Gasteiger partial charge in [0.1, 0.15) is 17.7 Å². The Balaban J connectivity index is 2.56. The largest absolute Gasteiger partial charge is 0.444 e. The maximum Gasteiger partial charge on any atom is 0.408 e. The highest BCUT2D eigenvalue weighted by Crippen LogP contribution is 2.28. The monoisotopic (exact) mass is 537 g/mol. The van der Waals surface area contributed by atoms with Crippen molar-refractivity contribution < 1.29 is 19.1 Å². The summed E-state index contributed by atoms with van der Waals surface area (Å²) >= 11 is 0. The second kappa shape index (κ2) is 14.7. The van der Waals surface area contributed by atoms with E-state index in [9.17, 15) is 14.4 Å². The number of rotatable bonds is 12. The quantitative estimate of drug-likeness (QED) is 0.346. The van der Waals surface area contributed by atoms with Crippen molar-refractivity contribution in [2.45, 2.75) is 105 Å². The van der Waals surface area contributed by atoms with Gasteiger partial charge in [-0.25, -0.2) is 4.79 Å². The minimum absolute atomic E-state index is 0.0336. The average Bonchev–Trinajstić information content (AvgIpc) is 2.84. The van der Waals surface area contributed by atoms with Crippen LogP contribution in [0.15, 0.2) is 48.5 Å². The number of hydrogen-bond donors (Lipinski definition) is 2. The van der Waals surface area contributed by atoms with Crippen LogP contribution in [0.25, 0.3) is 0 Å². The van der Waals surface area contributed by atoms with E-state index in [1.165, 1.54) is 0 Å². The van der Waals surface area contributed by atoms with Crippen molar-refractivity contribution in [3.63, 3.8) is 0 Å². The predicted molar refractivity (Wildman–Crippen MR) is 156 cm³/mol. The van der Waals surface area contributed by atoms with Gasteiger partial charge in [-0.3, -0.25) is 9.59 Å². The van der Waals surface area contributed by atoms with Gasteiger partial charge in [-0.15, -0.1) is 0 Å². The fraction of sp³-hybridized carbons (Fsp3) is 0.531. The Labute approximate surface area is 234 Å². The van der Waals surface area contributed by atoms with Gasteiger partial charge in [0.25, 0.3) is 0 Å². The first-order valence-electron chi connectivity index (χ1n) is 14.1. The fourth-order valence-corrected chi connectivity index (χ4v) is 4.64. The van der Waals surface area contributed by atoms with Gasteiger partial charge in [-0.05, 0) is 71.1 Å². The third-order valence-corrected chi connectivity index (χ3v) is 6.42. The van der Waals surface area contributed by atoms with E-state index >= 15 is 0 Å². The van der Waals surface area contributed by atoms with E-state index in [1.807, 2.05) is 76.2 Å². The summed E-state index contributed by atoms with van der Waals surface area (Å²) in [6.45, 7) is 15.7. The Morgan fingerprint density at radius 1 is 0.949 bits per heavy atom. The molecule has 0 aromatic heterocycles. The molecule has 0 heterocycles. The molecule has 0 saturated carbocycles. The number of nitrogens with zero attached hydrogens (tertiary/aromatic N) is 1. The van der Waals surface area contributed by atoms with E-state index < -0.39 is 23.8 Å². The van der Waals surface area contributed by atoms with Crippen molar-refractivity contribution in [2.24, 2.45) is 0 Å². The molecule has 0 aliphatic heterocycles. The molecule has 2 N–H and O–H groups in total. The van der Waals surface area contributed by atoms with Gasteiger partial charge < -0.3 is 20.3 Å². The summed E-state index contributed by atoms with van der Waals surface area (Å²) in [6.07, 6.45) is 2.02. The number of ether oxygens (including phenoxy) is 1. The molecule has 3 unspecified atom stereocenters. The lowest BCUT2D eigenvalue weighted by atomic mass is 9.95. The zero-order chi connectivity index (χ0) is 29.2. The number of carbonyl (C=O) groups is 3. The molecule has 0 aliphatic carbocycles. The second-order valence-corrected chi connectivity index (χ2v) is 11.4. The van der Waals surface area contributed by atoms with Gasteiger partial charge in [0, 0.05) is 19.0 Å². The van der Waals surface area contributed by atoms with E-state index in [0.717, 1.165) is 35.1 Å². The summed E-state index contributed by atoms with van der Waals surface area (Å²) < 4.78 is 5.50. The molecule has 0 saturated heterocycles. The fourth-order valence-electron chi connectivity index (χ4n) is 4.64. The maximum absolute atomic E-state index is 14.3. The first-order valence-corrected chi connectivity index (χ1v) is 14.1. The molecule has 214 valence electrons. The zero-order valence-electron chi connectivity index (χ0n) is 25.0. The van der Waals surface area contributed by atoms with Crippen LogP contribution in [0.2, 0.25) is 0 Å². The van der Waals surface area contributed by atoms with Crippen molar-refractivity contribution in [1.82, 2.24) is 15.5 Å². The van der Waals surface area contributed by atoms with Crippen LogP contribution in [0.5, 0.6) is 0 Å². The predicted octanol–water partition coefficient (Wildman–Crippen LogP) is 6.02. The van der Waals surface area contributed by atoms with Crippen LogP contribution < -0.4 is 10.6 Å². The van der Waals surface area contributed by atoms with Gasteiger partial charge in [0.05, 0.1) is 0 Å². The topological polar surface area (TPSA) is 87.7 Å². The summed E-state index contributed by atoms with van der Waals surface area (Å²) in [4.78, 5) is 42.7. The minimum atomic E-state index is -0.915. The number of alkyl carbamates (subject to hydrolysis) is 1. The molecule has 2 aromatic carbocycles. The summed E-state index contributed by atoms with van der Waals surface area (Å²) in [6, 6.07) is 13.7. The molecule has 3 atom stereocenters. The molecule has 0 fully saturated rings. The Bertz CT molecular complexity index is 1090. The van der Waals surface area contributed by atoms with Crippen molar-refractivity contribution in [3.05, 3.63) is 70.8 Å². The highest BCUT2D eigenvalue weighted by Gasteiger charge is 2.37. The first-order chi connectivity index (χ1) is 18.4. The lowest BCUT2D eigenvalue weighted by Gasteiger charge is -2.35. The van der Waals surface area contributed by atoms with Crippen LogP contribution in [0.3, 0.4) is 0 Å². The minimum Gasteiger partial charge on any atom is -0.444 e. The van der Waals surface area contributed by atoms with E-state index in [4.69, 9.17) is 4.74 Å². The maximum atomic E-state index is 14.3. The average molecular weight is 538 g/mol. The van der Waals surface area contributed by atoms with Crippen molar-refractivity contribution in [2.75, 3.05) is 6.54 Å². The molecule has 2 aromatic rings. The summed E-state index contributed by atoms with van der Waals surface area (Å²) in [5.74, 6) is -0.544. The number of aryl methyl sites for hydroxylation is 2. The number of amides is 3. The van der Waals surface area contributed by atoms with E-state index in [1.54, 1.807) is 25.7 Å². The summed E-state index contributed by atoms with van der Waals surface area (Å²) in [5, 5.41) is 5.94. The van der Waals surface area contributed by atoms with Gasteiger partial charge in [0.2, 0.25) is 11.8 Å². The SMILES string of the molecule is CCCC(C)NC(=O)C(c1cc(C)ccc1C)N(CCC)C(=O)C(Cc1ccccc1)NC(=O)OC(C)(C)C. The number of hydrogen-bond acceptors (Lipinski definition) is 4. The van der Waals surface area contributed by atoms with Crippen LogP contribution in [-0.4, -0.2) is 47.0 Å². The highest BCUT2D eigenvalue weighted by atomic mass is 16.6. The molecular weight excluding hydrogens is 490 g/mol. The summed E-state index contributed by atoms with van der Waals surface area (Å²) in [7, 11) is 0. The molecule has 2 rings (SSSR count). The van der Waals surface area contributed by atoms with Crippen molar-refractivity contribution in [1.29, 1.82) is 0 Å². The Kier molecular flexibility index (Phi) is 12.0. The number of nitrogens with one attached hydrogen (secondary N) is 2. The Hall–Kier alpha value is -3.35. The van der Waals surface area contributed by atoms with Crippen LogP contribution in [0, 0.1) is 13.8 Å². The van der Waals surface area contributed by atoms with Crippen LogP contribution in [-0.2, 0) is 20.7 Å². The zero-order valence-corrected chi connectivity index (χ0v) is 25.0. The second-order valence-electron chi connectivity index (χ2n) is 11.4. The van der Waals surface area contributed by atoms with Crippen molar-refractivity contribution >= 4 is 17.9 Å². The number of carbonyl (C=O) groups excluding carboxylic acids is 3. The van der Waals surface area contributed by atoms with Gasteiger partial charge in [-0.2, -0.15) is 0 Å². The summed E-state index contributed by atoms with van der Waals surface area (Å²) in [5.41, 5.74) is 2.90. The third-order valence-electron chi connectivity index (χ3n) is 6.42. The molecule has 39 heavy (non-hydrogen) atoms.